The van der Waals surface area contributed by atoms with E-state index in [0.717, 1.165) is 25.9 Å². The van der Waals surface area contributed by atoms with Gasteiger partial charge in [-0.05, 0) is 56.5 Å². The topological polar surface area (TPSA) is 302 Å². The van der Waals surface area contributed by atoms with Crippen LogP contribution in [0.25, 0.3) is 10.9 Å². The van der Waals surface area contributed by atoms with E-state index in [0.29, 0.717) is 29.9 Å². The summed E-state index contributed by atoms with van der Waals surface area (Å²) in [5.74, 6) is -3.69. The number of aromatic carboxylic acids is 1. The van der Waals surface area contributed by atoms with Crippen molar-refractivity contribution in [1.29, 1.82) is 0 Å². The number of thioether (sulfide) groups is 1. The van der Waals surface area contributed by atoms with Crippen LogP contribution in [0, 0.1) is 5.82 Å². The maximum absolute atomic E-state index is 14.6. The molecule has 4 fully saturated rings. The Morgan fingerprint density at radius 1 is 1.04 bits per heavy atom. The third-order valence-corrected chi connectivity index (χ3v) is 10.8. The monoisotopic (exact) mass is 750 g/mol. The van der Waals surface area contributed by atoms with Gasteiger partial charge in [0.2, 0.25) is 17.2 Å². The number of rotatable bonds is 7. The third-order valence-electron chi connectivity index (χ3n) is 9.24. The van der Waals surface area contributed by atoms with E-state index in [4.69, 9.17) is 5.73 Å². The van der Waals surface area contributed by atoms with Crippen molar-refractivity contribution in [2.75, 3.05) is 31.1 Å². The first-order chi connectivity index (χ1) is 23.2. The second-order valence-corrected chi connectivity index (χ2v) is 14.8. The standard InChI is InChI=1S/C17H18FN3O3.C16H19N3O5S.3H2O/c18-13-7-11-14(8-15(13)20-5-3-19-4-6-20)21(10-1-2-10)9-12(16(11)22)17(23)24;1-16(2)11(15(23)24)19-13(22)10(14(19)25-16)18-12(21)9(17)7-3-5-8(20)6-4-7;;;/h7-10,19H,1-6H2,(H,23,24);3-6,9-11,14,20H,17H2,1-2H3,(H,18,21)(H,23,24);3*1H2/t;9-,10-,11+,14-;;;/m.1.../s1. The molecule has 4 heterocycles. The first-order valence-corrected chi connectivity index (χ1v) is 16.7. The van der Waals surface area contributed by atoms with E-state index in [1.54, 1.807) is 19.9 Å². The third kappa shape index (κ3) is 7.69. The summed E-state index contributed by atoms with van der Waals surface area (Å²) in [6.07, 6.45) is 3.29. The van der Waals surface area contributed by atoms with Crippen molar-refractivity contribution in [1.82, 2.24) is 20.1 Å². The number of nitrogens with zero attached hydrogens (tertiary/aromatic N) is 3. The van der Waals surface area contributed by atoms with Gasteiger partial charge in [0.25, 0.3) is 0 Å². The molecule has 2 amide bonds. The van der Waals surface area contributed by atoms with E-state index in [-0.39, 0.29) is 39.2 Å². The molecule has 0 radical (unpaired) electrons. The Balaban J connectivity index is 0.000000265. The van der Waals surface area contributed by atoms with E-state index < -0.39 is 63.2 Å². The van der Waals surface area contributed by atoms with Gasteiger partial charge in [0.15, 0.2) is 0 Å². The predicted octanol–water partition coefficient (Wildman–Crippen LogP) is -0.867. The molecule has 2 aromatic carbocycles. The first-order valence-electron chi connectivity index (χ1n) is 15.8. The maximum atomic E-state index is 14.6. The van der Waals surface area contributed by atoms with Crippen molar-refractivity contribution in [2.45, 2.75) is 61.0 Å². The molecule has 3 saturated heterocycles. The molecule has 7 rings (SSSR count). The Kier molecular flexibility index (Phi) is 12.7. The van der Waals surface area contributed by atoms with Gasteiger partial charge in [-0.3, -0.25) is 14.4 Å². The number of nitrogens with two attached hydrogens (primary N) is 1. The van der Waals surface area contributed by atoms with E-state index >= 15 is 0 Å². The van der Waals surface area contributed by atoms with Crippen LogP contribution in [0.3, 0.4) is 0 Å². The number of phenols is 1. The van der Waals surface area contributed by atoms with Gasteiger partial charge in [0.05, 0.1) is 11.2 Å². The van der Waals surface area contributed by atoms with Crippen molar-refractivity contribution in [3.63, 3.8) is 0 Å². The first kappa shape index (κ1) is 41.6. The molecule has 284 valence electrons. The van der Waals surface area contributed by atoms with Gasteiger partial charge in [-0.2, -0.15) is 0 Å². The molecule has 0 spiro atoms. The Morgan fingerprint density at radius 3 is 2.21 bits per heavy atom. The number of benzene rings is 2. The molecule has 4 atom stereocenters. The molecule has 17 nitrogen and oxygen atoms in total. The molecule has 1 aliphatic carbocycles. The molecule has 3 aromatic rings. The lowest BCUT2D eigenvalue weighted by molar-refractivity contribution is -0.161. The number of anilines is 1. The fourth-order valence-electron chi connectivity index (χ4n) is 6.54. The number of piperazine rings is 1. The lowest BCUT2D eigenvalue weighted by atomic mass is 9.95. The van der Waals surface area contributed by atoms with Gasteiger partial charge < -0.3 is 62.5 Å². The van der Waals surface area contributed by atoms with Gasteiger partial charge in [-0.1, -0.05) is 12.1 Å². The van der Waals surface area contributed by atoms with Gasteiger partial charge in [-0.25, -0.2) is 14.0 Å². The second-order valence-electron chi connectivity index (χ2n) is 13.0. The van der Waals surface area contributed by atoms with Crippen LogP contribution < -0.4 is 26.7 Å². The summed E-state index contributed by atoms with van der Waals surface area (Å²) >= 11 is 1.35. The fourth-order valence-corrected chi connectivity index (χ4v) is 8.16. The van der Waals surface area contributed by atoms with Gasteiger partial charge in [0, 0.05) is 48.6 Å². The number of aromatic hydroxyl groups is 1. The number of hydrogen-bond acceptors (Lipinski definition) is 10. The summed E-state index contributed by atoms with van der Waals surface area (Å²) in [5.41, 5.74) is 6.57. The number of aromatic nitrogens is 1. The van der Waals surface area contributed by atoms with Crippen LogP contribution in [0.15, 0.2) is 47.4 Å². The number of pyridine rings is 1. The minimum atomic E-state index is -1.28. The quantitative estimate of drug-likeness (QED) is 0.161. The summed E-state index contributed by atoms with van der Waals surface area (Å²) in [5, 5.41) is 33.5. The van der Waals surface area contributed by atoms with Crippen molar-refractivity contribution >= 4 is 52.1 Å². The van der Waals surface area contributed by atoms with E-state index in [1.807, 2.05) is 9.47 Å². The number of amides is 2. The molecule has 1 saturated carbocycles. The van der Waals surface area contributed by atoms with Gasteiger partial charge in [0.1, 0.15) is 40.6 Å². The molecule has 0 bridgehead atoms. The number of phenolic OH excluding ortho intramolecular Hbond substituents is 1. The number of carboxylic acid groups (broad SMARTS) is 2. The minimum Gasteiger partial charge on any atom is -0.508 e. The average Bonchev–Trinajstić information content (AvgIpc) is 3.87. The number of carboxylic acids is 2. The van der Waals surface area contributed by atoms with Gasteiger partial charge >= 0.3 is 11.9 Å². The number of aliphatic carboxylic acids is 1. The molecule has 1 aromatic heterocycles. The van der Waals surface area contributed by atoms with E-state index in [9.17, 15) is 43.7 Å². The summed E-state index contributed by atoms with van der Waals surface area (Å²) in [7, 11) is 0. The van der Waals surface area contributed by atoms with E-state index in [1.165, 1.54) is 53.2 Å². The lowest BCUT2D eigenvalue weighted by Gasteiger charge is -2.43. The molecule has 4 aliphatic rings. The number of carbonyl (C=O) groups excluding carboxylic acids is 2. The minimum absolute atomic E-state index is 0. The normalized spacial score (nSPS) is 21.8. The largest absolute Gasteiger partial charge is 0.508 e. The SMILES string of the molecule is CC1(C)S[C@@H]2[C@H](NC(=O)[C@H](N)c3ccc(O)cc3)C(=O)N2[C@H]1C(=O)O.O.O.O.O=C(O)c1cn(C2CC2)c2cc(N3CCNCC3)c(F)cc2c1=O. The van der Waals surface area contributed by atoms with Crippen molar-refractivity contribution < 1.29 is 55.3 Å². The number of β-lactam (4-membered cyclic amide) rings is 1. The molecule has 19 heteroatoms. The molecule has 0 unspecified atom stereocenters. The number of halogens is 1. The van der Waals surface area contributed by atoms with E-state index in [2.05, 4.69) is 10.6 Å². The highest BCUT2D eigenvalue weighted by Crippen LogP contribution is 2.50. The second kappa shape index (κ2) is 15.8. The van der Waals surface area contributed by atoms with Crippen LogP contribution in [0.5, 0.6) is 5.75 Å². The number of nitrogens with one attached hydrogen (secondary N) is 2. The highest BCUT2D eigenvalue weighted by molar-refractivity contribution is 8.01. The van der Waals surface area contributed by atoms with Crippen LogP contribution in [0.1, 0.15) is 54.7 Å². The Bertz CT molecular complexity index is 1900. The Hall–Kier alpha value is -4.79. The summed E-state index contributed by atoms with van der Waals surface area (Å²) in [6.45, 7) is 6.49. The molecular weight excluding hydrogens is 707 g/mol. The number of hydrogen-bond donors (Lipinski definition) is 6. The molecule has 13 N–H and O–H groups in total. The number of carbonyl (C=O) groups is 4. The molecular formula is C33H43FN6O11S. The Morgan fingerprint density at radius 2 is 1.65 bits per heavy atom. The van der Waals surface area contributed by atoms with Gasteiger partial charge in [-0.15, -0.1) is 11.8 Å². The highest BCUT2D eigenvalue weighted by atomic mass is 32.2. The summed E-state index contributed by atoms with van der Waals surface area (Å²) < 4.78 is 15.8. The maximum Gasteiger partial charge on any atom is 0.341 e. The van der Waals surface area contributed by atoms with Crippen LogP contribution in [0.2, 0.25) is 0 Å². The van der Waals surface area contributed by atoms with Crippen LogP contribution in [-0.4, -0.2) is 113 Å². The summed E-state index contributed by atoms with van der Waals surface area (Å²) in [4.78, 5) is 63.2. The smallest absolute Gasteiger partial charge is 0.341 e. The van der Waals surface area contributed by atoms with Crippen molar-refractivity contribution in [3.8, 4) is 5.75 Å². The molecule has 3 aliphatic heterocycles. The lowest BCUT2D eigenvalue weighted by Crippen LogP contribution is -2.71. The van der Waals surface area contributed by atoms with Crippen LogP contribution in [0.4, 0.5) is 10.1 Å². The van der Waals surface area contributed by atoms with Crippen LogP contribution in [-0.2, 0) is 14.4 Å². The molecule has 52 heavy (non-hydrogen) atoms. The zero-order valence-electron chi connectivity index (χ0n) is 28.3. The highest BCUT2D eigenvalue weighted by Gasteiger charge is 2.64. The Labute approximate surface area is 300 Å². The summed E-state index contributed by atoms with van der Waals surface area (Å²) in [6, 6.07) is 6.28. The predicted molar refractivity (Wildman–Crippen MR) is 190 cm³/mol. The van der Waals surface area contributed by atoms with Crippen molar-refractivity contribution in [3.05, 3.63) is 69.8 Å². The zero-order chi connectivity index (χ0) is 35.4. The zero-order valence-corrected chi connectivity index (χ0v) is 29.1. The fraction of sp³-hybridized carbons (Fsp3) is 0.424. The number of fused-ring (bicyclic) bond motifs is 2. The average molecular weight is 751 g/mol. The van der Waals surface area contributed by atoms with Crippen molar-refractivity contribution in [2.24, 2.45) is 5.73 Å². The van der Waals surface area contributed by atoms with Crippen LogP contribution >= 0.6 is 11.8 Å².